The smallest absolute Gasteiger partial charge is 0.229 e. The van der Waals surface area contributed by atoms with Crippen LogP contribution < -0.4 is 5.32 Å². The normalized spacial score (nSPS) is 15.8. The molecule has 5 nitrogen and oxygen atoms in total. The van der Waals surface area contributed by atoms with Crippen LogP contribution in [0.1, 0.15) is 37.8 Å². The van der Waals surface area contributed by atoms with Crippen LogP contribution in [-0.2, 0) is 9.59 Å². The van der Waals surface area contributed by atoms with Crippen LogP contribution in [0.15, 0.2) is 12.1 Å². The lowest BCUT2D eigenvalue weighted by Gasteiger charge is -2.32. The van der Waals surface area contributed by atoms with Crippen molar-refractivity contribution in [2.45, 2.75) is 40.5 Å². The van der Waals surface area contributed by atoms with Crippen molar-refractivity contribution >= 4 is 38.5 Å². The summed E-state index contributed by atoms with van der Waals surface area (Å²) < 4.78 is 1.10. The lowest BCUT2D eigenvalue weighted by molar-refractivity contribution is -0.137. The summed E-state index contributed by atoms with van der Waals surface area (Å²) in [6, 6.07) is 4.21. The summed E-state index contributed by atoms with van der Waals surface area (Å²) >= 11 is 1.52. The Morgan fingerprint density at radius 2 is 1.92 bits per heavy atom. The van der Waals surface area contributed by atoms with E-state index >= 15 is 0 Å². The Kier molecular flexibility index (Phi) is 5.08. The molecule has 1 aromatic carbocycles. The summed E-state index contributed by atoms with van der Waals surface area (Å²) in [5, 5.41) is 3.64. The first-order valence-electron chi connectivity index (χ1n) is 8.82. The Bertz CT molecular complexity index is 804. The largest absolute Gasteiger partial charge is 0.342 e. The van der Waals surface area contributed by atoms with Crippen LogP contribution in [0.3, 0.4) is 0 Å². The molecule has 0 unspecified atom stereocenters. The molecule has 6 heteroatoms. The third-order valence-electron chi connectivity index (χ3n) is 4.73. The number of benzene rings is 1. The van der Waals surface area contributed by atoms with E-state index < -0.39 is 0 Å². The van der Waals surface area contributed by atoms with E-state index in [1.165, 1.54) is 16.9 Å². The minimum atomic E-state index is -0.0499. The molecule has 0 atom stereocenters. The Labute approximate surface area is 152 Å². The quantitative estimate of drug-likeness (QED) is 0.908. The summed E-state index contributed by atoms with van der Waals surface area (Å²) in [6.07, 6.45) is 1.43. The van der Waals surface area contributed by atoms with Gasteiger partial charge in [0.15, 0.2) is 5.13 Å². The minimum absolute atomic E-state index is 0.0137. The van der Waals surface area contributed by atoms with Crippen LogP contribution in [0.2, 0.25) is 0 Å². The van der Waals surface area contributed by atoms with Crippen molar-refractivity contribution in [3.63, 3.8) is 0 Å². The molecular weight excluding hydrogens is 334 g/mol. The van der Waals surface area contributed by atoms with Gasteiger partial charge in [0, 0.05) is 24.9 Å². The van der Waals surface area contributed by atoms with Gasteiger partial charge in [0.2, 0.25) is 11.8 Å². The first-order valence-corrected chi connectivity index (χ1v) is 9.64. The summed E-state index contributed by atoms with van der Waals surface area (Å²) in [4.78, 5) is 31.0. The Morgan fingerprint density at radius 1 is 1.24 bits per heavy atom. The number of hydrogen-bond acceptors (Lipinski definition) is 4. The SMILES string of the molecule is Cc1cc(C)c2nc(NC(=O)C3CCN(C(=O)C(C)C)CC3)sc2c1. The van der Waals surface area contributed by atoms with Crippen LogP contribution in [0.4, 0.5) is 5.13 Å². The van der Waals surface area contributed by atoms with Gasteiger partial charge in [-0.15, -0.1) is 0 Å². The molecule has 2 amide bonds. The fourth-order valence-electron chi connectivity index (χ4n) is 3.36. The van der Waals surface area contributed by atoms with Crippen molar-refractivity contribution in [1.82, 2.24) is 9.88 Å². The molecule has 25 heavy (non-hydrogen) atoms. The minimum Gasteiger partial charge on any atom is -0.342 e. The highest BCUT2D eigenvalue weighted by Crippen LogP contribution is 2.30. The molecular formula is C19H25N3O2S. The zero-order valence-electron chi connectivity index (χ0n) is 15.3. The third-order valence-corrected chi connectivity index (χ3v) is 5.65. The van der Waals surface area contributed by atoms with Crippen molar-refractivity contribution in [1.29, 1.82) is 0 Å². The number of hydrogen-bond donors (Lipinski definition) is 1. The van der Waals surface area contributed by atoms with E-state index in [-0.39, 0.29) is 23.7 Å². The van der Waals surface area contributed by atoms with Crippen molar-refractivity contribution in [3.8, 4) is 0 Å². The van der Waals surface area contributed by atoms with Crippen LogP contribution in [0.5, 0.6) is 0 Å². The average Bonchev–Trinajstić information content (AvgIpc) is 2.96. The first kappa shape index (κ1) is 17.9. The van der Waals surface area contributed by atoms with Gasteiger partial charge in [0.1, 0.15) is 0 Å². The topological polar surface area (TPSA) is 62.3 Å². The summed E-state index contributed by atoms with van der Waals surface area (Å²) in [5.41, 5.74) is 3.30. The number of aryl methyl sites for hydroxylation is 2. The van der Waals surface area contributed by atoms with E-state index in [4.69, 9.17) is 0 Å². The number of carbonyl (C=O) groups is 2. The highest BCUT2D eigenvalue weighted by Gasteiger charge is 2.28. The first-order chi connectivity index (χ1) is 11.8. The molecule has 2 heterocycles. The van der Waals surface area contributed by atoms with Gasteiger partial charge >= 0.3 is 0 Å². The molecule has 1 fully saturated rings. The predicted octanol–water partition coefficient (Wildman–Crippen LogP) is 3.75. The molecule has 0 spiro atoms. The molecule has 3 rings (SSSR count). The summed E-state index contributed by atoms with van der Waals surface area (Å²) in [5.74, 6) is 0.159. The standard InChI is InChI=1S/C19H25N3O2S/c1-11(2)18(24)22-7-5-14(6-8-22)17(23)21-19-20-16-13(4)9-12(3)10-15(16)25-19/h9-11,14H,5-8H2,1-4H3,(H,20,21,23). The fourth-order valence-corrected chi connectivity index (χ4v) is 4.40. The molecule has 0 aliphatic carbocycles. The maximum absolute atomic E-state index is 12.6. The second kappa shape index (κ2) is 7.12. The van der Waals surface area contributed by atoms with Gasteiger partial charge in [-0.25, -0.2) is 4.98 Å². The van der Waals surface area contributed by atoms with Gasteiger partial charge in [0.25, 0.3) is 0 Å². The Morgan fingerprint density at radius 3 is 2.56 bits per heavy atom. The number of aromatic nitrogens is 1. The van der Waals surface area contributed by atoms with E-state index in [1.807, 2.05) is 25.7 Å². The summed E-state index contributed by atoms with van der Waals surface area (Å²) in [6.45, 7) is 9.26. The van der Waals surface area contributed by atoms with Crippen molar-refractivity contribution in [2.24, 2.45) is 11.8 Å². The van der Waals surface area contributed by atoms with Gasteiger partial charge in [-0.1, -0.05) is 31.3 Å². The van der Waals surface area contributed by atoms with Gasteiger partial charge in [-0.2, -0.15) is 0 Å². The van der Waals surface area contributed by atoms with Crippen LogP contribution in [-0.4, -0.2) is 34.8 Å². The molecule has 2 aromatic rings. The molecule has 1 N–H and O–H groups in total. The number of nitrogens with one attached hydrogen (secondary N) is 1. The zero-order valence-corrected chi connectivity index (χ0v) is 16.1. The number of amides is 2. The number of piperidine rings is 1. The van der Waals surface area contributed by atoms with E-state index in [9.17, 15) is 9.59 Å². The number of likely N-dealkylation sites (tertiary alicyclic amines) is 1. The van der Waals surface area contributed by atoms with Gasteiger partial charge < -0.3 is 10.2 Å². The highest BCUT2D eigenvalue weighted by atomic mass is 32.1. The number of carbonyl (C=O) groups excluding carboxylic acids is 2. The molecule has 0 bridgehead atoms. The van der Waals surface area contributed by atoms with Gasteiger partial charge in [0.05, 0.1) is 10.2 Å². The lowest BCUT2D eigenvalue weighted by atomic mass is 9.95. The van der Waals surface area contributed by atoms with Gasteiger partial charge in [-0.05, 0) is 43.9 Å². The molecule has 1 aromatic heterocycles. The summed E-state index contributed by atoms with van der Waals surface area (Å²) in [7, 11) is 0. The molecule has 0 radical (unpaired) electrons. The molecule has 0 saturated carbocycles. The highest BCUT2D eigenvalue weighted by molar-refractivity contribution is 7.22. The molecule has 1 saturated heterocycles. The Hall–Kier alpha value is -1.95. The molecule has 1 aliphatic heterocycles. The number of thiazole rings is 1. The maximum Gasteiger partial charge on any atom is 0.229 e. The average molecular weight is 359 g/mol. The molecule has 1 aliphatic rings. The third kappa shape index (κ3) is 3.84. The second-order valence-corrected chi connectivity index (χ2v) is 8.22. The van der Waals surface area contributed by atoms with E-state index in [0.717, 1.165) is 15.8 Å². The van der Waals surface area contributed by atoms with Gasteiger partial charge in [-0.3, -0.25) is 9.59 Å². The van der Waals surface area contributed by atoms with Crippen LogP contribution in [0, 0.1) is 25.7 Å². The van der Waals surface area contributed by atoms with E-state index in [1.54, 1.807) is 0 Å². The number of rotatable bonds is 3. The van der Waals surface area contributed by atoms with Crippen LogP contribution >= 0.6 is 11.3 Å². The van der Waals surface area contributed by atoms with Crippen molar-refractivity contribution in [3.05, 3.63) is 23.3 Å². The maximum atomic E-state index is 12.6. The van der Waals surface area contributed by atoms with E-state index in [2.05, 4.69) is 29.4 Å². The Balaban J connectivity index is 1.64. The predicted molar refractivity (Wildman–Crippen MR) is 102 cm³/mol. The lowest BCUT2D eigenvalue weighted by Crippen LogP contribution is -2.43. The number of nitrogens with zero attached hydrogens (tertiary/aromatic N) is 2. The van der Waals surface area contributed by atoms with Crippen molar-refractivity contribution in [2.75, 3.05) is 18.4 Å². The monoisotopic (exact) mass is 359 g/mol. The number of fused-ring (bicyclic) bond motifs is 1. The molecule has 134 valence electrons. The zero-order chi connectivity index (χ0) is 18.1. The van der Waals surface area contributed by atoms with Crippen LogP contribution in [0.25, 0.3) is 10.2 Å². The van der Waals surface area contributed by atoms with E-state index in [0.29, 0.717) is 31.1 Å². The number of anilines is 1. The fraction of sp³-hybridized carbons (Fsp3) is 0.526. The second-order valence-electron chi connectivity index (χ2n) is 7.19. The van der Waals surface area contributed by atoms with Crippen molar-refractivity contribution < 1.29 is 9.59 Å².